The van der Waals surface area contributed by atoms with Gasteiger partial charge in [0.1, 0.15) is 5.01 Å². The normalized spacial score (nSPS) is 12.2. The number of rotatable bonds is 5. The zero-order chi connectivity index (χ0) is 15.5. The molecular formula is C15H12N4OS2. The van der Waals surface area contributed by atoms with E-state index in [1.54, 1.807) is 6.20 Å². The van der Waals surface area contributed by atoms with E-state index < -0.39 is 5.92 Å². The Morgan fingerprint density at radius 2 is 2.41 bits per heavy atom. The number of thioether (sulfide) groups is 1. The first kappa shape index (κ1) is 14.8. The van der Waals surface area contributed by atoms with Crippen molar-refractivity contribution in [2.75, 3.05) is 5.75 Å². The van der Waals surface area contributed by atoms with Crippen molar-refractivity contribution >= 4 is 34.4 Å². The molecule has 0 saturated heterocycles. The van der Waals surface area contributed by atoms with Gasteiger partial charge in [0, 0.05) is 17.3 Å². The number of hydrogen-bond donors (Lipinski definition) is 0. The molecule has 1 atom stereocenters. The average molecular weight is 328 g/mol. The van der Waals surface area contributed by atoms with Gasteiger partial charge in [0.15, 0.2) is 16.9 Å². The number of hydrogen-bond acceptors (Lipinski definition) is 6. The van der Waals surface area contributed by atoms with Crippen LogP contribution >= 0.6 is 23.1 Å². The fourth-order valence-corrected chi connectivity index (χ4v) is 3.75. The van der Waals surface area contributed by atoms with Gasteiger partial charge in [-0.3, -0.25) is 9.20 Å². The van der Waals surface area contributed by atoms with E-state index in [-0.39, 0.29) is 11.5 Å². The highest BCUT2D eigenvalue weighted by atomic mass is 32.2. The number of aryl methyl sites for hydroxylation is 1. The summed E-state index contributed by atoms with van der Waals surface area (Å²) < 4.78 is 1.92. The number of carbonyl (C=O) groups is 1. The highest BCUT2D eigenvalue weighted by molar-refractivity contribution is 7.99. The Morgan fingerprint density at radius 3 is 3.14 bits per heavy atom. The van der Waals surface area contributed by atoms with Crippen LogP contribution in [0, 0.1) is 18.3 Å². The quantitative estimate of drug-likeness (QED) is 0.673. The fourth-order valence-electron chi connectivity index (χ4n) is 2.01. The predicted molar refractivity (Wildman–Crippen MR) is 86.1 cm³/mol. The van der Waals surface area contributed by atoms with Gasteiger partial charge in [-0.05, 0) is 19.1 Å². The highest BCUT2D eigenvalue weighted by Gasteiger charge is 2.23. The number of carbonyl (C=O) groups excluding carboxylic acids is 1. The Kier molecular flexibility index (Phi) is 4.22. The van der Waals surface area contributed by atoms with Crippen LogP contribution in [-0.4, -0.2) is 25.9 Å². The summed E-state index contributed by atoms with van der Waals surface area (Å²) in [5.74, 6) is -0.739. The second-order valence-electron chi connectivity index (χ2n) is 4.68. The lowest BCUT2D eigenvalue weighted by molar-refractivity contribution is -0.116. The minimum absolute atomic E-state index is 0.144. The summed E-state index contributed by atoms with van der Waals surface area (Å²) >= 11 is 2.69. The first-order chi connectivity index (χ1) is 10.7. The largest absolute Gasteiger partial charge is 0.297 e. The molecule has 0 aliphatic rings. The maximum absolute atomic E-state index is 12.3. The second-order valence-corrected chi connectivity index (χ2v) is 6.51. The number of pyridine rings is 1. The molecule has 0 bridgehead atoms. The van der Waals surface area contributed by atoms with Gasteiger partial charge in [-0.15, -0.1) is 11.3 Å². The second kappa shape index (κ2) is 6.30. The van der Waals surface area contributed by atoms with Crippen molar-refractivity contribution in [3.8, 4) is 6.07 Å². The van der Waals surface area contributed by atoms with Crippen LogP contribution in [0.3, 0.4) is 0 Å². The Balaban J connectivity index is 1.73. The van der Waals surface area contributed by atoms with Crippen molar-refractivity contribution < 1.29 is 4.79 Å². The van der Waals surface area contributed by atoms with E-state index >= 15 is 0 Å². The molecule has 0 unspecified atom stereocenters. The molecule has 0 N–H and O–H groups in total. The van der Waals surface area contributed by atoms with E-state index in [1.807, 2.05) is 41.1 Å². The molecule has 0 aliphatic heterocycles. The molecule has 0 aliphatic carbocycles. The van der Waals surface area contributed by atoms with Gasteiger partial charge in [-0.2, -0.15) is 5.26 Å². The number of ketones is 1. The van der Waals surface area contributed by atoms with Crippen molar-refractivity contribution in [3.63, 3.8) is 0 Å². The van der Waals surface area contributed by atoms with Crippen molar-refractivity contribution in [1.82, 2.24) is 14.4 Å². The standard InChI is InChI=1S/C15H12N4OS2/c1-10-8-21-14(18-10)12(6-16)13(20)9-22-15-17-7-11-4-2-3-5-19(11)15/h2-5,7-8,12H,9H2,1H3/t12-/m0/s1. The van der Waals surface area contributed by atoms with Crippen LogP contribution in [0.1, 0.15) is 16.6 Å². The molecule has 0 radical (unpaired) electrons. The number of thiazole rings is 1. The molecule has 0 aromatic carbocycles. The van der Waals surface area contributed by atoms with Crippen LogP contribution in [0.5, 0.6) is 0 Å². The predicted octanol–water partition coefficient (Wildman–Crippen LogP) is 3.07. The molecule has 0 spiro atoms. The van der Waals surface area contributed by atoms with Crippen LogP contribution in [0.4, 0.5) is 0 Å². The summed E-state index contributed by atoms with van der Waals surface area (Å²) in [5, 5.41) is 12.4. The Morgan fingerprint density at radius 1 is 1.55 bits per heavy atom. The number of imidazole rings is 1. The summed E-state index contributed by atoms with van der Waals surface area (Å²) in [4.78, 5) is 20.9. The number of nitriles is 1. The summed E-state index contributed by atoms with van der Waals surface area (Å²) in [7, 11) is 0. The lowest BCUT2D eigenvalue weighted by atomic mass is 10.1. The van der Waals surface area contributed by atoms with Crippen LogP contribution < -0.4 is 0 Å². The third kappa shape index (κ3) is 2.89. The molecule has 3 rings (SSSR count). The smallest absolute Gasteiger partial charge is 0.173 e. The monoisotopic (exact) mass is 328 g/mol. The maximum Gasteiger partial charge on any atom is 0.173 e. The van der Waals surface area contributed by atoms with Crippen LogP contribution in [0.25, 0.3) is 5.52 Å². The van der Waals surface area contributed by atoms with Gasteiger partial charge in [-0.25, -0.2) is 9.97 Å². The molecule has 110 valence electrons. The van der Waals surface area contributed by atoms with Crippen LogP contribution in [0.2, 0.25) is 0 Å². The number of fused-ring (bicyclic) bond motifs is 1. The van der Waals surface area contributed by atoms with Gasteiger partial charge in [0.05, 0.1) is 23.5 Å². The molecule has 0 saturated carbocycles. The minimum Gasteiger partial charge on any atom is -0.297 e. The zero-order valence-corrected chi connectivity index (χ0v) is 13.4. The molecule has 0 fully saturated rings. The molecule has 5 nitrogen and oxygen atoms in total. The van der Waals surface area contributed by atoms with Gasteiger partial charge in [0.25, 0.3) is 0 Å². The first-order valence-corrected chi connectivity index (χ1v) is 8.45. The molecular weight excluding hydrogens is 316 g/mol. The van der Waals surface area contributed by atoms with E-state index in [9.17, 15) is 10.1 Å². The van der Waals surface area contributed by atoms with E-state index in [4.69, 9.17) is 0 Å². The van der Waals surface area contributed by atoms with Crippen molar-refractivity contribution in [2.24, 2.45) is 0 Å². The fraction of sp³-hybridized carbons (Fsp3) is 0.200. The van der Waals surface area contributed by atoms with Crippen LogP contribution in [0.15, 0.2) is 41.1 Å². The third-order valence-corrected chi connectivity index (χ3v) is 5.10. The number of aromatic nitrogens is 3. The molecule has 3 heterocycles. The summed E-state index contributed by atoms with van der Waals surface area (Å²) in [5.41, 5.74) is 1.81. The minimum atomic E-state index is -0.794. The summed E-state index contributed by atoms with van der Waals surface area (Å²) in [6.07, 6.45) is 3.67. The van der Waals surface area contributed by atoms with Gasteiger partial charge in [-0.1, -0.05) is 17.8 Å². The summed E-state index contributed by atoms with van der Waals surface area (Å²) in [6, 6.07) is 7.86. The zero-order valence-electron chi connectivity index (χ0n) is 11.8. The van der Waals surface area contributed by atoms with E-state index in [2.05, 4.69) is 16.0 Å². The Bertz CT molecular complexity index is 862. The Labute approximate surface area is 135 Å². The number of Topliss-reactive ketones (excluding diaryl/α,β-unsaturated/α-hetero) is 1. The Hall–Kier alpha value is -2.17. The van der Waals surface area contributed by atoms with Gasteiger partial charge in [0.2, 0.25) is 0 Å². The van der Waals surface area contributed by atoms with Gasteiger partial charge >= 0.3 is 0 Å². The SMILES string of the molecule is Cc1csc([C@@H](C#N)C(=O)CSc2ncc3ccccn23)n1. The van der Waals surface area contributed by atoms with Crippen molar-refractivity contribution in [3.05, 3.63) is 46.7 Å². The summed E-state index contributed by atoms with van der Waals surface area (Å²) in [6.45, 7) is 1.85. The van der Waals surface area contributed by atoms with Crippen molar-refractivity contribution in [2.45, 2.75) is 18.0 Å². The topological polar surface area (TPSA) is 71.0 Å². The molecule has 7 heteroatoms. The maximum atomic E-state index is 12.3. The molecule has 3 aromatic rings. The highest BCUT2D eigenvalue weighted by Crippen LogP contribution is 2.24. The van der Waals surface area contributed by atoms with E-state index in [1.165, 1.54) is 23.1 Å². The van der Waals surface area contributed by atoms with Crippen LogP contribution in [-0.2, 0) is 4.79 Å². The van der Waals surface area contributed by atoms with Gasteiger partial charge < -0.3 is 0 Å². The number of nitrogens with zero attached hydrogens (tertiary/aromatic N) is 4. The lowest BCUT2D eigenvalue weighted by Crippen LogP contribution is -2.13. The molecule has 22 heavy (non-hydrogen) atoms. The van der Waals surface area contributed by atoms with E-state index in [0.29, 0.717) is 5.01 Å². The molecule has 3 aromatic heterocycles. The van der Waals surface area contributed by atoms with E-state index in [0.717, 1.165) is 16.4 Å². The third-order valence-electron chi connectivity index (χ3n) is 3.08. The van der Waals surface area contributed by atoms with Crippen molar-refractivity contribution in [1.29, 1.82) is 5.26 Å². The first-order valence-electron chi connectivity index (χ1n) is 6.58. The lowest BCUT2D eigenvalue weighted by Gasteiger charge is -2.04. The average Bonchev–Trinajstić information content (AvgIpc) is 3.12. The molecule has 0 amide bonds.